The Morgan fingerprint density at radius 1 is 1.57 bits per heavy atom. The van der Waals surface area contributed by atoms with E-state index in [1.54, 1.807) is 0 Å². The van der Waals surface area contributed by atoms with E-state index in [1.165, 1.54) is 0 Å². The van der Waals surface area contributed by atoms with Gasteiger partial charge >= 0.3 is 0 Å². The quantitative estimate of drug-likeness (QED) is 0.634. The van der Waals surface area contributed by atoms with E-state index in [-0.39, 0.29) is 11.7 Å². The molecule has 2 heterocycles. The summed E-state index contributed by atoms with van der Waals surface area (Å²) in [5.41, 5.74) is 5.46. The smallest absolute Gasteiger partial charge is 0.0845 e. The lowest BCUT2D eigenvalue weighted by atomic mass is 9.91. The minimum atomic E-state index is -0.165. The maximum atomic E-state index is 9.63. The Morgan fingerprint density at radius 2 is 2.43 bits per heavy atom. The molecule has 0 aromatic rings. The van der Waals surface area contributed by atoms with Crippen LogP contribution >= 0.6 is 0 Å². The maximum absolute atomic E-state index is 9.63. The Morgan fingerprint density at radius 3 is 3.14 bits per heavy atom. The van der Waals surface area contributed by atoms with E-state index in [2.05, 4.69) is 4.90 Å². The van der Waals surface area contributed by atoms with Gasteiger partial charge in [0.15, 0.2) is 0 Å². The van der Waals surface area contributed by atoms with Crippen molar-refractivity contribution in [1.82, 2.24) is 4.90 Å². The first-order chi connectivity index (χ1) is 6.74. The van der Waals surface area contributed by atoms with Gasteiger partial charge in [-0.3, -0.25) is 4.90 Å². The van der Waals surface area contributed by atoms with Crippen LogP contribution in [-0.2, 0) is 4.74 Å². The highest BCUT2D eigenvalue weighted by Gasteiger charge is 2.42. The van der Waals surface area contributed by atoms with Crippen LogP contribution in [0.4, 0.5) is 0 Å². The van der Waals surface area contributed by atoms with E-state index in [9.17, 15) is 5.11 Å². The number of nitrogens with zero attached hydrogens (tertiary/aromatic N) is 1. The monoisotopic (exact) mass is 200 g/mol. The molecule has 2 fully saturated rings. The van der Waals surface area contributed by atoms with Crippen LogP contribution in [-0.4, -0.2) is 54.5 Å². The highest BCUT2D eigenvalue weighted by molar-refractivity contribution is 4.95. The van der Waals surface area contributed by atoms with Crippen molar-refractivity contribution in [3.8, 4) is 0 Å². The van der Waals surface area contributed by atoms with Crippen molar-refractivity contribution in [1.29, 1.82) is 0 Å². The number of ether oxygens (including phenoxy) is 1. The first-order valence-corrected chi connectivity index (χ1v) is 5.49. The molecule has 0 unspecified atom stereocenters. The zero-order chi connectivity index (χ0) is 10.0. The Kier molecular flexibility index (Phi) is 3.07. The number of aliphatic hydroxyl groups excluding tert-OH is 1. The SMILES string of the molecule is NCCN1CC[C@@]2(C[C@H](O)CCO2)C1. The standard InChI is InChI=1S/C10H20N2O2/c11-3-5-12-4-2-10(8-12)7-9(13)1-6-14-10/h9,13H,1-8,11H2/t9-,10-/m1/s1. The van der Waals surface area contributed by atoms with Gasteiger partial charge in [-0.2, -0.15) is 0 Å². The summed E-state index contributed by atoms with van der Waals surface area (Å²) in [6.07, 6.45) is 2.47. The molecule has 82 valence electrons. The molecular weight excluding hydrogens is 180 g/mol. The zero-order valence-corrected chi connectivity index (χ0v) is 8.61. The van der Waals surface area contributed by atoms with Gasteiger partial charge in [-0.25, -0.2) is 0 Å². The second kappa shape index (κ2) is 4.14. The molecule has 4 nitrogen and oxygen atoms in total. The summed E-state index contributed by atoms with van der Waals surface area (Å²) in [4.78, 5) is 2.33. The fraction of sp³-hybridized carbons (Fsp3) is 1.00. The molecule has 2 aliphatic rings. The lowest BCUT2D eigenvalue weighted by Crippen LogP contribution is -2.44. The van der Waals surface area contributed by atoms with Gasteiger partial charge in [0.25, 0.3) is 0 Å². The molecule has 0 saturated carbocycles. The van der Waals surface area contributed by atoms with Gasteiger partial charge < -0.3 is 15.6 Å². The highest BCUT2D eigenvalue weighted by atomic mass is 16.5. The van der Waals surface area contributed by atoms with Gasteiger partial charge in [0.05, 0.1) is 11.7 Å². The van der Waals surface area contributed by atoms with Crippen molar-refractivity contribution >= 4 is 0 Å². The third-order valence-electron chi connectivity index (χ3n) is 3.31. The normalized spacial score (nSPS) is 39.4. The summed E-state index contributed by atoms with van der Waals surface area (Å²) in [5.74, 6) is 0. The Balaban J connectivity index is 1.91. The molecule has 0 aromatic carbocycles. The second-order valence-electron chi connectivity index (χ2n) is 4.49. The summed E-state index contributed by atoms with van der Waals surface area (Å²) in [6, 6.07) is 0. The molecule has 2 saturated heterocycles. The van der Waals surface area contributed by atoms with Crippen LogP contribution in [0.15, 0.2) is 0 Å². The maximum Gasteiger partial charge on any atom is 0.0845 e. The molecule has 2 rings (SSSR count). The number of hydrogen-bond acceptors (Lipinski definition) is 4. The molecular formula is C10H20N2O2. The van der Waals surface area contributed by atoms with Crippen molar-refractivity contribution in [2.75, 3.05) is 32.8 Å². The van der Waals surface area contributed by atoms with Gasteiger partial charge in [-0.15, -0.1) is 0 Å². The summed E-state index contributed by atoms with van der Waals surface area (Å²) < 4.78 is 5.83. The third kappa shape index (κ3) is 2.08. The van der Waals surface area contributed by atoms with E-state index in [0.717, 1.165) is 38.9 Å². The van der Waals surface area contributed by atoms with E-state index < -0.39 is 0 Å². The van der Waals surface area contributed by atoms with Crippen LogP contribution in [0.2, 0.25) is 0 Å². The molecule has 0 aromatic heterocycles. The van der Waals surface area contributed by atoms with Crippen molar-refractivity contribution in [2.24, 2.45) is 5.73 Å². The van der Waals surface area contributed by atoms with Gasteiger partial charge in [0.2, 0.25) is 0 Å². The van der Waals surface area contributed by atoms with E-state index in [1.807, 2.05) is 0 Å². The first kappa shape index (κ1) is 10.4. The Labute approximate surface area is 85.0 Å². The fourth-order valence-electron chi connectivity index (χ4n) is 2.59. The Bertz CT molecular complexity index is 201. The molecule has 0 amide bonds. The minimum Gasteiger partial charge on any atom is -0.393 e. The predicted molar refractivity (Wildman–Crippen MR) is 54.0 cm³/mol. The average molecular weight is 200 g/mol. The van der Waals surface area contributed by atoms with Crippen LogP contribution in [0.25, 0.3) is 0 Å². The Hall–Kier alpha value is -0.160. The zero-order valence-electron chi connectivity index (χ0n) is 8.61. The molecule has 0 radical (unpaired) electrons. The number of likely N-dealkylation sites (tertiary alicyclic amines) is 1. The molecule has 14 heavy (non-hydrogen) atoms. The lowest BCUT2D eigenvalue weighted by molar-refractivity contribution is -0.110. The van der Waals surface area contributed by atoms with E-state index in [4.69, 9.17) is 10.5 Å². The number of aliphatic hydroxyl groups is 1. The van der Waals surface area contributed by atoms with Crippen molar-refractivity contribution in [3.63, 3.8) is 0 Å². The van der Waals surface area contributed by atoms with Crippen LogP contribution in [0, 0.1) is 0 Å². The number of hydrogen-bond donors (Lipinski definition) is 2. The first-order valence-electron chi connectivity index (χ1n) is 5.49. The fourth-order valence-corrected chi connectivity index (χ4v) is 2.59. The second-order valence-corrected chi connectivity index (χ2v) is 4.49. The van der Waals surface area contributed by atoms with Crippen molar-refractivity contribution in [2.45, 2.75) is 31.0 Å². The minimum absolute atomic E-state index is 0.0627. The average Bonchev–Trinajstić information content (AvgIpc) is 2.49. The number of nitrogens with two attached hydrogens (primary N) is 1. The molecule has 1 spiro atoms. The van der Waals surface area contributed by atoms with E-state index >= 15 is 0 Å². The van der Waals surface area contributed by atoms with Gasteiger partial charge in [0, 0.05) is 39.2 Å². The third-order valence-corrected chi connectivity index (χ3v) is 3.31. The number of rotatable bonds is 2. The topological polar surface area (TPSA) is 58.7 Å². The predicted octanol–water partition coefficient (Wildman–Crippen LogP) is -0.439. The van der Waals surface area contributed by atoms with Crippen LogP contribution < -0.4 is 5.73 Å². The summed E-state index contributed by atoms with van der Waals surface area (Å²) >= 11 is 0. The largest absolute Gasteiger partial charge is 0.393 e. The van der Waals surface area contributed by atoms with Crippen molar-refractivity contribution < 1.29 is 9.84 Å². The molecule has 0 bridgehead atoms. The summed E-state index contributed by atoms with van der Waals surface area (Å²) in [5, 5.41) is 9.63. The molecule has 4 heteroatoms. The lowest BCUT2D eigenvalue weighted by Gasteiger charge is -2.36. The van der Waals surface area contributed by atoms with Crippen LogP contribution in [0.3, 0.4) is 0 Å². The summed E-state index contributed by atoms with van der Waals surface area (Å²) in [6.45, 7) is 4.36. The molecule has 0 aliphatic carbocycles. The molecule has 3 N–H and O–H groups in total. The van der Waals surface area contributed by atoms with Gasteiger partial charge in [0.1, 0.15) is 0 Å². The van der Waals surface area contributed by atoms with E-state index in [0.29, 0.717) is 13.2 Å². The van der Waals surface area contributed by atoms with Gasteiger partial charge in [-0.1, -0.05) is 0 Å². The van der Waals surface area contributed by atoms with Gasteiger partial charge in [-0.05, 0) is 12.8 Å². The van der Waals surface area contributed by atoms with Crippen LogP contribution in [0.5, 0.6) is 0 Å². The highest BCUT2D eigenvalue weighted by Crippen LogP contribution is 2.33. The summed E-state index contributed by atoms with van der Waals surface area (Å²) in [7, 11) is 0. The van der Waals surface area contributed by atoms with Crippen LogP contribution in [0.1, 0.15) is 19.3 Å². The molecule has 2 atom stereocenters. The van der Waals surface area contributed by atoms with Crippen molar-refractivity contribution in [3.05, 3.63) is 0 Å². The molecule has 2 aliphatic heterocycles.